The molecule has 2 amide bonds. The van der Waals surface area contributed by atoms with Gasteiger partial charge in [-0.3, -0.25) is 24.6 Å². The molecule has 0 saturated carbocycles. The van der Waals surface area contributed by atoms with Gasteiger partial charge in [-0.15, -0.1) is 0 Å². The van der Waals surface area contributed by atoms with Gasteiger partial charge in [0.05, 0.1) is 28.2 Å². The smallest absolute Gasteiger partial charge is 0.338 e. The van der Waals surface area contributed by atoms with Gasteiger partial charge in [0.2, 0.25) is 0 Å². The summed E-state index contributed by atoms with van der Waals surface area (Å²) in [5.74, 6) is -2.71. The number of non-ortho nitro benzene ring substituents is 1. The monoisotopic (exact) mass is 511 g/mol. The largest absolute Gasteiger partial charge is 0.466 e. The summed E-state index contributed by atoms with van der Waals surface area (Å²) in [6.45, 7) is 5.21. The Kier molecular flexibility index (Phi) is 7.68. The van der Waals surface area contributed by atoms with Gasteiger partial charge in [0, 0.05) is 23.8 Å². The van der Waals surface area contributed by atoms with Crippen LogP contribution < -0.4 is 4.90 Å². The number of amides is 2. The molecule has 0 radical (unpaired) electrons. The van der Waals surface area contributed by atoms with Crippen LogP contribution in [0.15, 0.2) is 64.5 Å². The summed E-state index contributed by atoms with van der Waals surface area (Å²) in [5, 5.41) is 10.8. The van der Waals surface area contributed by atoms with E-state index in [1.165, 1.54) is 36.4 Å². The van der Waals surface area contributed by atoms with Crippen molar-refractivity contribution in [3.8, 4) is 0 Å². The number of rotatable bonds is 5. The number of anilines is 1. The summed E-state index contributed by atoms with van der Waals surface area (Å²) in [6, 6.07) is 10.7. The van der Waals surface area contributed by atoms with Crippen molar-refractivity contribution in [2.45, 2.75) is 26.4 Å². The van der Waals surface area contributed by atoms with Crippen LogP contribution >= 0.6 is 11.8 Å². The SMILES string of the molecule is COC(=O)C=C1SC(=NC(=O)c2ccc([N+](=O)[O-])cc2)N(c2ccc(C(=O)OC(C)(C)C)cc2)C1=O. The number of aliphatic imine (C=N–C) groups is 1. The van der Waals surface area contributed by atoms with Crippen molar-refractivity contribution in [2.75, 3.05) is 12.0 Å². The molecule has 0 spiro atoms. The molecule has 1 heterocycles. The van der Waals surface area contributed by atoms with Crippen molar-refractivity contribution in [3.05, 3.63) is 80.8 Å². The van der Waals surface area contributed by atoms with Crippen LogP contribution in [0.1, 0.15) is 41.5 Å². The van der Waals surface area contributed by atoms with E-state index in [9.17, 15) is 29.3 Å². The van der Waals surface area contributed by atoms with Gasteiger partial charge in [0.15, 0.2) is 5.17 Å². The summed E-state index contributed by atoms with van der Waals surface area (Å²) in [6.07, 6.45) is 0.980. The number of hydrogen-bond donors (Lipinski definition) is 0. The predicted octanol–water partition coefficient (Wildman–Crippen LogP) is 3.88. The highest BCUT2D eigenvalue weighted by Gasteiger charge is 2.36. The van der Waals surface area contributed by atoms with Gasteiger partial charge in [-0.25, -0.2) is 9.59 Å². The topological polar surface area (TPSA) is 145 Å². The minimum Gasteiger partial charge on any atom is -0.466 e. The second-order valence-corrected chi connectivity index (χ2v) is 9.34. The van der Waals surface area contributed by atoms with Crippen molar-refractivity contribution in [1.29, 1.82) is 0 Å². The normalized spacial score (nSPS) is 15.8. The van der Waals surface area contributed by atoms with E-state index in [1.54, 1.807) is 20.8 Å². The van der Waals surface area contributed by atoms with Crippen molar-refractivity contribution < 1.29 is 33.6 Å². The first-order chi connectivity index (χ1) is 16.9. The fourth-order valence-corrected chi connectivity index (χ4v) is 3.84. The molecule has 11 nitrogen and oxygen atoms in total. The molecule has 2 aromatic carbocycles. The van der Waals surface area contributed by atoms with Gasteiger partial charge in [0.25, 0.3) is 17.5 Å². The first kappa shape index (κ1) is 26.3. The Balaban J connectivity index is 1.97. The third-order valence-corrected chi connectivity index (χ3v) is 5.51. The lowest BCUT2D eigenvalue weighted by Crippen LogP contribution is -2.29. The average molecular weight is 512 g/mol. The number of nitrogens with zero attached hydrogens (tertiary/aromatic N) is 3. The number of carbonyl (C=O) groups excluding carboxylic acids is 4. The number of amidine groups is 1. The molecule has 0 N–H and O–H groups in total. The van der Waals surface area contributed by atoms with E-state index in [-0.39, 0.29) is 32.6 Å². The number of benzene rings is 2. The van der Waals surface area contributed by atoms with Crippen LogP contribution in [0.3, 0.4) is 0 Å². The third kappa shape index (κ3) is 6.21. The Labute approximate surface area is 209 Å². The maximum absolute atomic E-state index is 13.1. The Morgan fingerprint density at radius 3 is 2.14 bits per heavy atom. The Morgan fingerprint density at radius 1 is 1.03 bits per heavy atom. The summed E-state index contributed by atoms with van der Waals surface area (Å²) >= 11 is 0.781. The molecule has 0 atom stereocenters. The molecular formula is C24H21N3O8S. The molecule has 0 aromatic heterocycles. The molecule has 186 valence electrons. The molecule has 2 aromatic rings. The van der Waals surface area contributed by atoms with Crippen LogP contribution in [-0.4, -0.2) is 46.6 Å². The molecule has 1 aliphatic rings. The molecule has 3 rings (SSSR count). The summed E-state index contributed by atoms with van der Waals surface area (Å²) in [5.41, 5.74) is -0.295. The fourth-order valence-electron chi connectivity index (χ4n) is 2.90. The van der Waals surface area contributed by atoms with Crippen molar-refractivity contribution >= 4 is 52.1 Å². The van der Waals surface area contributed by atoms with E-state index in [2.05, 4.69) is 9.73 Å². The average Bonchev–Trinajstić information content (AvgIpc) is 3.12. The van der Waals surface area contributed by atoms with Gasteiger partial charge >= 0.3 is 11.9 Å². The molecule has 12 heteroatoms. The summed E-state index contributed by atoms with van der Waals surface area (Å²) in [7, 11) is 1.16. The minimum atomic E-state index is -0.769. The Bertz CT molecular complexity index is 1290. The Morgan fingerprint density at radius 2 is 1.61 bits per heavy atom. The number of carbonyl (C=O) groups is 4. The molecule has 0 aliphatic carbocycles. The number of nitro groups is 1. The van der Waals surface area contributed by atoms with E-state index in [1.807, 2.05) is 0 Å². The second-order valence-electron chi connectivity index (χ2n) is 8.33. The number of hydrogen-bond acceptors (Lipinski definition) is 9. The molecule has 1 saturated heterocycles. The van der Waals surface area contributed by atoms with E-state index in [0.717, 1.165) is 42.0 Å². The number of ether oxygens (including phenoxy) is 2. The quantitative estimate of drug-likeness (QED) is 0.252. The lowest BCUT2D eigenvalue weighted by atomic mass is 10.1. The zero-order valence-corrected chi connectivity index (χ0v) is 20.5. The van der Waals surface area contributed by atoms with Crippen LogP contribution in [0.2, 0.25) is 0 Å². The highest BCUT2D eigenvalue weighted by molar-refractivity contribution is 8.19. The van der Waals surface area contributed by atoms with Crippen LogP contribution in [-0.2, 0) is 19.1 Å². The van der Waals surface area contributed by atoms with E-state index in [0.29, 0.717) is 0 Å². The Hall–Kier alpha value is -4.32. The second kappa shape index (κ2) is 10.5. The summed E-state index contributed by atoms with van der Waals surface area (Å²) < 4.78 is 9.92. The number of thioether (sulfide) groups is 1. The standard InChI is InChI=1S/C24H21N3O8S/c1-24(2,3)35-22(31)15-7-9-16(10-8-15)26-21(30)18(13-19(28)34-4)36-23(26)25-20(29)14-5-11-17(12-6-14)27(32)33/h5-13H,1-4H3. The molecule has 36 heavy (non-hydrogen) atoms. The molecule has 0 unspecified atom stereocenters. The minimum absolute atomic E-state index is 0.0340. The first-order valence-electron chi connectivity index (χ1n) is 10.4. The molecule has 1 fully saturated rings. The highest BCUT2D eigenvalue weighted by Crippen LogP contribution is 2.35. The van der Waals surface area contributed by atoms with Crippen LogP contribution in [0, 0.1) is 10.1 Å². The maximum atomic E-state index is 13.1. The fraction of sp³-hybridized carbons (Fsp3) is 0.208. The highest BCUT2D eigenvalue weighted by atomic mass is 32.2. The zero-order chi connectivity index (χ0) is 26.6. The first-order valence-corrected chi connectivity index (χ1v) is 11.2. The number of nitro benzene ring substituents is 1. The predicted molar refractivity (Wildman–Crippen MR) is 132 cm³/mol. The van der Waals surface area contributed by atoms with Crippen LogP contribution in [0.5, 0.6) is 0 Å². The zero-order valence-electron chi connectivity index (χ0n) is 19.7. The van der Waals surface area contributed by atoms with Gasteiger partial charge in [-0.2, -0.15) is 4.99 Å². The molecular weight excluding hydrogens is 490 g/mol. The number of esters is 2. The van der Waals surface area contributed by atoms with Crippen molar-refractivity contribution in [1.82, 2.24) is 0 Å². The van der Waals surface area contributed by atoms with Crippen molar-refractivity contribution in [2.24, 2.45) is 4.99 Å². The van der Waals surface area contributed by atoms with Gasteiger partial charge in [0.1, 0.15) is 5.60 Å². The summed E-state index contributed by atoms with van der Waals surface area (Å²) in [4.78, 5) is 65.2. The van der Waals surface area contributed by atoms with Crippen LogP contribution in [0.4, 0.5) is 11.4 Å². The van der Waals surface area contributed by atoms with E-state index in [4.69, 9.17) is 4.74 Å². The molecule has 1 aliphatic heterocycles. The third-order valence-electron chi connectivity index (χ3n) is 4.54. The van der Waals surface area contributed by atoms with Gasteiger partial charge in [-0.1, -0.05) is 0 Å². The van der Waals surface area contributed by atoms with E-state index < -0.39 is 34.3 Å². The lowest BCUT2D eigenvalue weighted by Gasteiger charge is -2.20. The lowest BCUT2D eigenvalue weighted by molar-refractivity contribution is -0.384. The van der Waals surface area contributed by atoms with Gasteiger partial charge in [-0.05, 0) is 68.9 Å². The maximum Gasteiger partial charge on any atom is 0.338 e. The van der Waals surface area contributed by atoms with Gasteiger partial charge < -0.3 is 9.47 Å². The number of methoxy groups -OCH3 is 1. The van der Waals surface area contributed by atoms with Crippen molar-refractivity contribution in [3.63, 3.8) is 0 Å². The molecule has 0 bridgehead atoms. The van der Waals surface area contributed by atoms with E-state index >= 15 is 0 Å². The van der Waals surface area contributed by atoms with Crippen LogP contribution in [0.25, 0.3) is 0 Å².